The van der Waals surface area contributed by atoms with Crippen molar-refractivity contribution in [1.29, 1.82) is 0 Å². The normalized spacial score (nSPS) is 23.5. The summed E-state index contributed by atoms with van der Waals surface area (Å²) in [5, 5.41) is 13.0. The summed E-state index contributed by atoms with van der Waals surface area (Å²) in [4.78, 5) is 17.8. The van der Waals surface area contributed by atoms with Gasteiger partial charge in [-0.2, -0.15) is 10.2 Å². The smallest absolute Gasteiger partial charge is 0.259 e. The Balaban J connectivity index is 1.36. The SMILES string of the molecule is COc1cnc2c(NC(=O)c3cc4cn([C@@]56CC[C@@](C)(C5)OC6)nc4cc3OC(C)C)cnn2c1. The van der Waals surface area contributed by atoms with Crippen LogP contribution in [0, 0.1) is 0 Å². The number of anilines is 1. The van der Waals surface area contributed by atoms with Crippen LogP contribution in [0.3, 0.4) is 0 Å². The third-order valence-electron chi connectivity index (χ3n) is 7.03. The van der Waals surface area contributed by atoms with Crippen molar-refractivity contribution in [2.75, 3.05) is 19.0 Å². The van der Waals surface area contributed by atoms with Crippen LogP contribution in [0.25, 0.3) is 16.6 Å². The molecule has 4 aromatic rings. The average Bonchev–Trinajstić information content (AvgIpc) is 3.59. The second-order valence-electron chi connectivity index (χ2n) is 10.1. The first-order valence-corrected chi connectivity index (χ1v) is 11.8. The molecular formula is C25H28N6O4. The van der Waals surface area contributed by atoms with Gasteiger partial charge in [0.25, 0.3) is 5.91 Å². The van der Waals surface area contributed by atoms with E-state index < -0.39 is 0 Å². The van der Waals surface area contributed by atoms with E-state index in [4.69, 9.17) is 19.3 Å². The molecule has 0 radical (unpaired) electrons. The fraction of sp³-hybridized carbons (Fsp3) is 0.440. The first-order valence-electron chi connectivity index (χ1n) is 11.8. The first kappa shape index (κ1) is 21.8. The summed E-state index contributed by atoms with van der Waals surface area (Å²) < 4.78 is 20.9. The fourth-order valence-corrected chi connectivity index (χ4v) is 5.25. The molecule has 1 aliphatic heterocycles. The molecule has 6 rings (SSSR count). The minimum absolute atomic E-state index is 0.0679. The number of nitrogens with zero attached hydrogens (tertiary/aromatic N) is 5. The monoisotopic (exact) mass is 476 g/mol. The van der Waals surface area contributed by atoms with Crippen molar-refractivity contribution in [3.05, 3.63) is 42.5 Å². The standard InChI is InChI=1S/C25H28N6O4/c1-15(2)35-21-8-19-16(11-31(29-19)25-6-5-24(3,13-25)34-14-25)7-18(21)23(32)28-20-10-27-30-12-17(33-4)9-26-22(20)30/h7-12,15H,5-6,13-14H2,1-4H3,(H,28,32)/t24-,25-/m0/s1. The molecule has 2 bridgehead atoms. The van der Waals surface area contributed by atoms with Crippen molar-refractivity contribution < 1.29 is 19.0 Å². The van der Waals surface area contributed by atoms with Crippen molar-refractivity contribution >= 4 is 28.1 Å². The van der Waals surface area contributed by atoms with Crippen molar-refractivity contribution in [3.8, 4) is 11.5 Å². The Bertz CT molecular complexity index is 1450. The van der Waals surface area contributed by atoms with Gasteiger partial charge in [-0.3, -0.25) is 9.48 Å². The van der Waals surface area contributed by atoms with Gasteiger partial charge in [-0.25, -0.2) is 9.50 Å². The third kappa shape index (κ3) is 3.59. The average molecular weight is 477 g/mol. The number of amides is 1. The number of hydrogen-bond donors (Lipinski definition) is 1. The summed E-state index contributed by atoms with van der Waals surface area (Å²) in [7, 11) is 1.56. The predicted molar refractivity (Wildman–Crippen MR) is 129 cm³/mol. The molecule has 1 N–H and O–H groups in total. The van der Waals surface area contributed by atoms with E-state index in [0.717, 1.165) is 30.2 Å². The first-order chi connectivity index (χ1) is 16.8. The highest BCUT2D eigenvalue weighted by Crippen LogP contribution is 2.51. The van der Waals surface area contributed by atoms with Crippen LogP contribution >= 0.6 is 0 Å². The van der Waals surface area contributed by atoms with Gasteiger partial charge in [0.2, 0.25) is 0 Å². The van der Waals surface area contributed by atoms with Gasteiger partial charge in [-0.15, -0.1) is 0 Å². The molecule has 35 heavy (non-hydrogen) atoms. The van der Waals surface area contributed by atoms with Crippen molar-refractivity contribution in [2.45, 2.75) is 57.3 Å². The zero-order chi connectivity index (χ0) is 24.4. The van der Waals surface area contributed by atoms with Crippen LogP contribution in [0.15, 0.2) is 36.9 Å². The Morgan fingerprint density at radius 1 is 1.23 bits per heavy atom. The minimum atomic E-state index is -0.307. The van der Waals surface area contributed by atoms with Crippen molar-refractivity contribution in [1.82, 2.24) is 24.4 Å². The molecule has 10 heteroatoms. The molecule has 1 aromatic carbocycles. The van der Waals surface area contributed by atoms with Crippen LogP contribution in [0.5, 0.6) is 11.5 Å². The number of rotatable bonds is 6. The zero-order valence-corrected chi connectivity index (χ0v) is 20.2. The van der Waals surface area contributed by atoms with Gasteiger partial charge >= 0.3 is 0 Å². The zero-order valence-electron chi connectivity index (χ0n) is 20.2. The van der Waals surface area contributed by atoms with E-state index in [1.54, 1.807) is 30.2 Å². The van der Waals surface area contributed by atoms with Crippen LogP contribution < -0.4 is 14.8 Å². The van der Waals surface area contributed by atoms with Crippen LogP contribution in [0.2, 0.25) is 0 Å². The fourth-order valence-electron chi connectivity index (χ4n) is 5.25. The van der Waals surface area contributed by atoms with Gasteiger partial charge in [0.1, 0.15) is 11.4 Å². The molecule has 4 heterocycles. The van der Waals surface area contributed by atoms with E-state index in [9.17, 15) is 4.79 Å². The predicted octanol–water partition coefficient (Wildman–Crippen LogP) is 3.80. The Hall–Kier alpha value is -3.66. The Morgan fingerprint density at radius 3 is 2.77 bits per heavy atom. The molecule has 2 fully saturated rings. The molecular weight excluding hydrogens is 448 g/mol. The molecule has 1 aliphatic carbocycles. The summed E-state index contributed by atoms with van der Waals surface area (Å²) >= 11 is 0. The largest absolute Gasteiger partial charge is 0.494 e. The maximum Gasteiger partial charge on any atom is 0.259 e. The highest BCUT2D eigenvalue weighted by molar-refractivity contribution is 6.09. The van der Waals surface area contributed by atoms with Crippen molar-refractivity contribution in [3.63, 3.8) is 0 Å². The molecule has 1 saturated heterocycles. The van der Waals surface area contributed by atoms with Crippen LogP contribution in [0.4, 0.5) is 5.69 Å². The molecule has 2 atom stereocenters. The number of aromatic nitrogens is 5. The maximum absolute atomic E-state index is 13.4. The number of ether oxygens (including phenoxy) is 3. The van der Waals surface area contributed by atoms with E-state index in [1.165, 1.54) is 0 Å². The lowest BCUT2D eigenvalue weighted by atomic mass is 9.99. The molecule has 0 spiro atoms. The van der Waals surface area contributed by atoms with Gasteiger partial charge in [0, 0.05) is 24.1 Å². The second kappa shape index (κ2) is 7.67. The van der Waals surface area contributed by atoms with Gasteiger partial charge < -0.3 is 19.5 Å². The second-order valence-corrected chi connectivity index (χ2v) is 10.1. The van der Waals surface area contributed by atoms with Crippen molar-refractivity contribution in [2.24, 2.45) is 0 Å². The molecule has 182 valence electrons. The Labute approximate surface area is 202 Å². The Kier molecular flexibility index (Phi) is 4.79. The quantitative estimate of drug-likeness (QED) is 0.451. The summed E-state index contributed by atoms with van der Waals surface area (Å²) in [5.74, 6) is 0.750. The highest BCUT2D eigenvalue weighted by Gasteiger charge is 2.54. The van der Waals surface area contributed by atoms with Crippen LogP contribution in [-0.2, 0) is 10.3 Å². The molecule has 2 aliphatic rings. The Morgan fingerprint density at radius 2 is 2.09 bits per heavy atom. The molecule has 0 unspecified atom stereocenters. The molecule has 1 saturated carbocycles. The van der Waals surface area contributed by atoms with Crippen LogP contribution in [0.1, 0.15) is 50.4 Å². The number of fused-ring (bicyclic) bond motifs is 4. The number of methoxy groups -OCH3 is 1. The lowest BCUT2D eigenvalue weighted by Crippen LogP contribution is -2.33. The van der Waals surface area contributed by atoms with E-state index in [2.05, 4.69) is 22.3 Å². The number of hydrogen-bond acceptors (Lipinski definition) is 7. The number of nitrogens with one attached hydrogen (secondary N) is 1. The van der Waals surface area contributed by atoms with Gasteiger partial charge in [-0.05, 0) is 39.7 Å². The lowest BCUT2D eigenvalue weighted by Gasteiger charge is -2.26. The maximum atomic E-state index is 13.4. The molecule has 1 amide bonds. The summed E-state index contributed by atoms with van der Waals surface area (Å²) in [6.45, 7) is 6.70. The number of carbonyl (C=O) groups excluding carboxylic acids is 1. The minimum Gasteiger partial charge on any atom is -0.494 e. The van der Waals surface area contributed by atoms with E-state index in [-0.39, 0.29) is 23.2 Å². The third-order valence-corrected chi connectivity index (χ3v) is 7.03. The summed E-state index contributed by atoms with van der Waals surface area (Å²) in [5.41, 5.74) is 2.03. The van der Waals surface area contributed by atoms with Gasteiger partial charge in [0.15, 0.2) is 11.4 Å². The van der Waals surface area contributed by atoms with Crippen LogP contribution in [-0.4, -0.2) is 55.7 Å². The van der Waals surface area contributed by atoms with E-state index in [1.807, 2.05) is 36.9 Å². The molecule has 3 aromatic heterocycles. The topological polar surface area (TPSA) is 105 Å². The number of benzene rings is 1. The summed E-state index contributed by atoms with van der Waals surface area (Å²) in [6, 6.07) is 3.69. The van der Waals surface area contributed by atoms with Gasteiger partial charge in [0.05, 0.1) is 60.6 Å². The lowest BCUT2D eigenvalue weighted by molar-refractivity contribution is -0.0149. The number of carbonyl (C=O) groups is 1. The highest BCUT2D eigenvalue weighted by atomic mass is 16.5. The van der Waals surface area contributed by atoms with E-state index >= 15 is 0 Å². The van der Waals surface area contributed by atoms with Gasteiger partial charge in [-0.1, -0.05) is 0 Å². The molecule has 10 nitrogen and oxygen atoms in total. The summed E-state index contributed by atoms with van der Waals surface area (Å²) in [6.07, 6.45) is 9.77. The van der Waals surface area contributed by atoms with E-state index in [0.29, 0.717) is 35.0 Å².